The van der Waals surface area contributed by atoms with Crippen LogP contribution in [0.3, 0.4) is 0 Å². The fourth-order valence-electron chi connectivity index (χ4n) is 1.30. The molecule has 2 heteroatoms. The van der Waals surface area contributed by atoms with E-state index in [1.807, 2.05) is 6.08 Å². The summed E-state index contributed by atoms with van der Waals surface area (Å²) in [7, 11) is 0. The Bertz CT molecular complexity index is 183. The Labute approximate surface area is 80.7 Å². The molecule has 0 bridgehead atoms. The van der Waals surface area contributed by atoms with Crippen LogP contribution in [0.15, 0.2) is 11.6 Å². The topological polar surface area (TPSA) is 37.3 Å². The molecule has 1 unspecified atom stereocenters. The van der Waals surface area contributed by atoms with E-state index in [4.69, 9.17) is 5.11 Å². The SMILES string of the molecule is CCCCCC(C)/C=C(\C)C(=O)O. The lowest BCUT2D eigenvalue weighted by atomic mass is 10.0. The normalized spacial score (nSPS) is 14.2. The fourth-order valence-corrected chi connectivity index (χ4v) is 1.30. The van der Waals surface area contributed by atoms with Gasteiger partial charge in [0.1, 0.15) is 0 Å². The van der Waals surface area contributed by atoms with Gasteiger partial charge in [-0.3, -0.25) is 0 Å². The van der Waals surface area contributed by atoms with Crippen molar-refractivity contribution >= 4 is 5.97 Å². The van der Waals surface area contributed by atoms with Crippen LogP contribution in [0.5, 0.6) is 0 Å². The Morgan fingerprint density at radius 3 is 2.54 bits per heavy atom. The van der Waals surface area contributed by atoms with Crippen molar-refractivity contribution in [1.82, 2.24) is 0 Å². The van der Waals surface area contributed by atoms with E-state index in [1.165, 1.54) is 19.3 Å². The molecule has 0 spiro atoms. The highest BCUT2D eigenvalue weighted by molar-refractivity contribution is 5.85. The maximum Gasteiger partial charge on any atom is 0.330 e. The predicted octanol–water partition coefficient (Wildman–Crippen LogP) is 3.23. The molecule has 0 aromatic carbocycles. The quantitative estimate of drug-likeness (QED) is 0.508. The van der Waals surface area contributed by atoms with Crippen molar-refractivity contribution in [3.63, 3.8) is 0 Å². The lowest BCUT2D eigenvalue weighted by molar-refractivity contribution is -0.132. The van der Waals surface area contributed by atoms with Gasteiger partial charge in [-0.25, -0.2) is 4.79 Å². The van der Waals surface area contributed by atoms with E-state index in [2.05, 4.69) is 13.8 Å². The van der Waals surface area contributed by atoms with Crippen molar-refractivity contribution in [2.75, 3.05) is 0 Å². The molecule has 0 radical (unpaired) electrons. The first-order valence-corrected chi connectivity index (χ1v) is 4.99. The van der Waals surface area contributed by atoms with Gasteiger partial charge in [0.25, 0.3) is 0 Å². The lowest BCUT2D eigenvalue weighted by Gasteiger charge is -2.05. The molecule has 0 fully saturated rings. The van der Waals surface area contributed by atoms with Crippen LogP contribution in [0.2, 0.25) is 0 Å². The number of carbonyl (C=O) groups is 1. The van der Waals surface area contributed by atoms with Crippen LogP contribution >= 0.6 is 0 Å². The Morgan fingerprint density at radius 1 is 1.46 bits per heavy atom. The molecular formula is C11H20O2. The minimum Gasteiger partial charge on any atom is -0.478 e. The maximum absolute atomic E-state index is 10.5. The third kappa shape index (κ3) is 6.38. The van der Waals surface area contributed by atoms with Crippen molar-refractivity contribution in [1.29, 1.82) is 0 Å². The van der Waals surface area contributed by atoms with Crippen molar-refractivity contribution < 1.29 is 9.90 Å². The van der Waals surface area contributed by atoms with E-state index in [0.29, 0.717) is 11.5 Å². The zero-order valence-electron chi connectivity index (χ0n) is 8.84. The molecule has 0 aromatic heterocycles. The van der Waals surface area contributed by atoms with E-state index in [-0.39, 0.29) is 0 Å². The average Bonchev–Trinajstić information content (AvgIpc) is 2.04. The van der Waals surface area contributed by atoms with Gasteiger partial charge in [0.15, 0.2) is 0 Å². The van der Waals surface area contributed by atoms with Gasteiger partial charge in [0, 0.05) is 5.57 Å². The molecule has 0 rings (SSSR count). The molecule has 0 heterocycles. The van der Waals surface area contributed by atoms with Gasteiger partial charge in [0.05, 0.1) is 0 Å². The molecule has 13 heavy (non-hydrogen) atoms. The smallest absolute Gasteiger partial charge is 0.330 e. The van der Waals surface area contributed by atoms with Crippen LogP contribution in [0.1, 0.15) is 46.5 Å². The van der Waals surface area contributed by atoms with E-state index in [0.717, 1.165) is 6.42 Å². The number of hydrogen-bond acceptors (Lipinski definition) is 1. The minimum absolute atomic E-state index is 0.391. The summed E-state index contributed by atoms with van der Waals surface area (Å²) < 4.78 is 0. The number of carboxylic acid groups (broad SMARTS) is 1. The second kappa shape index (κ2) is 6.70. The van der Waals surface area contributed by atoms with Gasteiger partial charge in [-0.15, -0.1) is 0 Å². The third-order valence-corrected chi connectivity index (χ3v) is 2.13. The largest absolute Gasteiger partial charge is 0.478 e. The summed E-state index contributed by atoms with van der Waals surface area (Å²) in [4.78, 5) is 10.5. The van der Waals surface area contributed by atoms with Crippen LogP contribution in [-0.2, 0) is 4.79 Å². The summed E-state index contributed by atoms with van der Waals surface area (Å²) in [5.74, 6) is -0.412. The van der Waals surface area contributed by atoms with Gasteiger partial charge in [-0.05, 0) is 19.3 Å². The Morgan fingerprint density at radius 2 is 2.08 bits per heavy atom. The number of rotatable bonds is 6. The molecule has 2 nitrogen and oxygen atoms in total. The van der Waals surface area contributed by atoms with Crippen molar-refractivity contribution in [2.45, 2.75) is 46.5 Å². The molecule has 0 saturated carbocycles. The van der Waals surface area contributed by atoms with Gasteiger partial charge in [0.2, 0.25) is 0 Å². The third-order valence-electron chi connectivity index (χ3n) is 2.13. The zero-order valence-corrected chi connectivity index (χ0v) is 8.84. The van der Waals surface area contributed by atoms with Gasteiger partial charge < -0.3 is 5.11 Å². The number of carboxylic acids is 1. The van der Waals surface area contributed by atoms with Gasteiger partial charge in [-0.1, -0.05) is 39.2 Å². The second-order valence-electron chi connectivity index (χ2n) is 3.63. The van der Waals surface area contributed by atoms with Gasteiger partial charge in [-0.2, -0.15) is 0 Å². The molecule has 0 aliphatic heterocycles. The molecule has 0 aliphatic rings. The van der Waals surface area contributed by atoms with Crippen LogP contribution in [0.4, 0.5) is 0 Å². The number of aliphatic carboxylic acids is 1. The summed E-state index contributed by atoms with van der Waals surface area (Å²) in [6, 6.07) is 0. The predicted molar refractivity (Wildman–Crippen MR) is 54.7 cm³/mol. The maximum atomic E-state index is 10.5. The average molecular weight is 184 g/mol. The summed E-state index contributed by atoms with van der Waals surface area (Å²) in [6.07, 6.45) is 6.59. The van der Waals surface area contributed by atoms with Crippen molar-refractivity contribution in [2.24, 2.45) is 5.92 Å². The molecule has 76 valence electrons. The first-order chi connectivity index (χ1) is 6.07. The number of hydrogen-bond donors (Lipinski definition) is 1. The fraction of sp³-hybridized carbons (Fsp3) is 0.727. The molecule has 1 N–H and O–H groups in total. The molecule has 0 aromatic rings. The van der Waals surface area contributed by atoms with Crippen molar-refractivity contribution in [3.8, 4) is 0 Å². The first kappa shape index (κ1) is 12.2. The summed E-state index contributed by atoms with van der Waals surface area (Å²) in [5.41, 5.74) is 0.462. The minimum atomic E-state index is -0.803. The summed E-state index contributed by atoms with van der Waals surface area (Å²) >= 11 is 0. The highest BCUT2D eigenvalue weighted by Crippen LogP contribution is 2.12. The Kier molecular flexibility index (Phi) is 6.29. The molecule has 0 aliphatic carbocycles. The van der Waals surface area contributed by atoms with E-state index in [1.54, 1.807) is 6.92 Å². The lowest BCUT2D eigenvalue weighted by Crippen LogP contribution is -1.99. The van der Waals surface area contributed by atoms with E-state index < -0.39 is 5.97 Å². The Hall–Kier alpha value is -0.790. The molecule has 0 amide bonds. The number of allylic oxidation sites excluding steroid dienone is 1. The van der Waals surface area contributed by atoms with E-state index in [9.17, 15) is 4.79 Å². The highest BCUT2D eigenvalue weighted by atomic mass is 16.4. The monoisotopic (exact) mass is 184 g/mol. The molecule has 0 saturated heterocycles. The van der Waals surface area contributed by atoms with Crippen LogP contribution < -0.4 is 0 Å². The van der Waals surface area contributed by atoms with Crippen LogP contribution in [0, 0.1) is 5.92 Å². The summed E-state index contributed by atoms with van der Waals surface area (Å²) in [6.45, 7) is 5.89. The molecular weight excluding hydrogens is 164 g/mol. The van der Waals surface area contributed by atoms with E-state index >= 15 is 0 Å². The van der Waals surface area contributed by atoms with Crippen LogP contribution in [-0.4, -0.2) is 11.1 Å². The zero-order chi connectivity index (χ0) is 10.3. The standard InChI is InChI=1S/C11H20O2/c1-4-5-6-7-9(2)8-10(3)11(12)13/h8-9H,4-7H2,1-3H3,(H,12,13)/b10-8+. The molecule has 1 atom stereocenters. The van der Waals surface area contributed by atoms with Gasteiger partial charge >= 0.3 is 5.97 Å². The highest BCUT2D eigenvalue weighted by Gasteiger charge is 2.03. The van der Waals surface area contributed by atoms with Crippen molar-refractivity contribution in [3.05, 3.63) is 11.6 Å². The second-order valence-corrected chi connectivity index (χ2v) is 3.63. The first-order valence-electron chi connectivity index (χ1n) is 4.99. The number of unbranched alkanes of at least 4 members (excludes halogenated alkanes) is 2. The van der Waals surface area contributed by atoms with Crippen LogP contribution in [0.25, 0.3) is 0 Å². The Balaban J connectivity index is 3.78. The summed E-state index contributed by atoms with van der Waals surface area (Å²) in [5, 5.41) is 8.63.